The Kier molecular flexibility index (Phi) is 2.39. The highest BCUT2D eigenvalue weighted by Crippen LogP contribution is 1.94. The van der Waals surface area contributed by atoms with Crippen LogP contribution in [0.25, 0.3) is 0 Å². The van der Waals surface area contributed by atoms with Crippen LogP contribution in [0.1, 0.15) is 6.42 Å². The molecule has 0 fully saturated rings. The van der Waals surface area contributed by atoms with E-state index in [1.807, 2.05) is 0 Å². The lowest BCUT2D eigenvalue weighted by Gasteiger charge is -1.81. The van der Waals surface area contributed by atoms with E-state index in [-0.39, 0.29) is 0 Å². The van der Waals surface area contributed by atoms with Gasteiger partial charge in [0.25, 0.3) is 0 Å². The van der Waals surface area contributed by atoms with Crippen molar-refractivity contribution in [1.29, 1.82) is 0 Å². The zero-order valence-corrected chi connectivity index (χ0v) is 3.04. The minimum Gasteiger partial charge on any atom is -0.209 e. The van der Waals surface area contributed by atoms with Crippen molar-refractivity contribution in [2.24, 2.45) is 0 Å². The van der Waals surface area contributed by atoms with Gasteiger partial charge in [-0.05, 0) is 6.42 Å². The lowest BCUT2D eigenvalue weighted by atomic mass is 10.5. The van der Waals surface area contributed by atoms with Gasteiger partial charge in [0.15, 0.2) is 0 Å². The van der Waals surface area contributed by atoms with Crippen molar-refractivity contribution in [1.82, 2.24) is 0 Å². The molecule has 0 atom stereocenters. The summed E-state index contributed by atoms with van der Waals surface area (Å²) in [5.74, 6) is 1.57. The SMILES string of the molecule is [C]#CCC(F)F. The number of alkyl halides is 2. The van der Waals surface area contributed by atoms with Gasteiger partial charge < -0.3 is 0 Å². The van der Waals surface area contributed by atoms with E-state index in [1.54, 1.807) is 5.92 Å². The molecule has 0 saturated carbocycles. The van der Waals surface area contributed by atoms with Crippen LogP contribution in [0, 0.1) is 12.3 Å². The first-order chi connectivity index (χ1) is 2.77. The standard InChI is InChI=1S/C4H3F2/c1-2-3-4(5)6/h4H,3H2. The summed E-state index contributed by atoms with van der Waals surface area (Å²) < 4.78 is 21.7. The predicted molar refractivity (Wildman–Crippen MR) is 17.8 cm³/mol. The van der Waals surface area contributed by atoms with Gasteiger partial charge in [0.1, 0.15) is 0 Å². The second-order valence-electron chi connectivity index (χ2n) is 0.772. The number of halogens is 2. The number of hydrogen-bond acceptors (Lipinski definition) is 0. The zero-order valence-electron chi connectivity index (χ0n) is 3.04. The topological polar surface area (TPSA) is 0 Å². The third-order valence-electron chi connectivity index (χ3n) is 0.256. The van der Waals surface area contributed by atoms with E-state index in [0.29, 0.717) is 0 Å². The minimum atomic E-state index is -2.40. The molecule has 1 radical (unpaired) electrons. The van der Waals surface area contributed by atoms with Gasteiger partial charge in [-0.3, -0.25) is 0 Å². The van der Waals surface area contributed by atoms with E-state index in [0.717, 1.165) is 0 Å². The molecule has 0 unspecified atom stereocenters. The Balaban J connectivity index is 2.88. The van der Waals surface area contributed by atoms with Crippen molar-refractivity contribution in [2.45, 2.75) is 12.8 Å². The van der Waals surface area contributed by atoms with Crippen LogP contribution in [-0.4, -0.2) is 6.43 Å². The summed E-state index contributed by atoms with van der Waals surface area (Å²) in [6.45, 7) is 0. The maximum atomic E-state index is 10.9. The lowest BCUT2D eigenvalue weighted by Crippen LogP contribution is -1.83. The van der Waals surface area contributed by atoms with Crippen molar-refractivity contribution < 1.29 is 8.78 Å². The summed E-state index contributed by atoms with van der Waals surface area (Å²) in [5.41, 5.74) is 0. The number of hydrogen-bond donors (Lipinski definition) is 0. The minimum absolute atomic E-state index is 0.542. The van der Waals surface area contributed by atoms with E-state index in [1.165, 1.54) is 0 Å². The number of rotatable bonds is 1. The van der Waals surface area contributed by atoms with Crippen LogP contribution in [0.4, 0.5) is 8.78 Å². The smallest absolute Gasteiger partial charge is 0.209 e. The first-order valence-electron chi connectivity index (χ1n) is 1.45. The summed E-state index contributed by atoms with van der Waals surface area (Å²) in [5, 5.41) is 0. The second kappa shape index (κ2) is 2.65. The summed E-state index contributed by atoms with van der Waals surface area (Å²) in [6, 6.07) is 0. The fourth-order valence-electron chi connectivity index (χ4n) is 0.0772. The Morgan fingerprint density at radius 2 is 2.17 bits per heavy atom. The highest BCUT2D eigenvalue weighted by Gasteiger charge is 1.94. The monoisotopic (exact) mass is 89.0 g/mol. The zero-order chi connectivity index (χ0) is 4.99. The Hall–Kier alpha value is -0.580. The molecule has 0 aromatic heterocycles. The molecule has 0 saturated heterocycles. The van der Waals surface area contributed by atoms with Crippen molar-refractivity contribution in [2.75, 3.05) is 0 Å². The Morgan fingerprint density at radius 1 is 1.67 bits per heavy atom. The van der Waals surface area contributed by atoms with E-state index < -0.39 is 12.8 Å². The van der Waals surface area contributed by atoms with Crippen molar-refractivity contribution in [3.8, 4) is 5.92 Å². The van der Waals surface area contributed by atoms with Gasteiger partial charge in [0, 0.05) is 0 Å². The highest BCUT2D eigenvalue weighted by atomic mass is 19.3. The second-order valence-corrected chi connectivity index (χ2v) is 0.772. The molecule has 0 rings (SSSR count). The average Bonchev–Trinajstić information content (AvgIpc) is 1.35. The van der Waals surface area contributed by atoms with Gasteiger partial charge in [-0.15, -0.1) is 0 Å². The van der Waals surface area contributed by atoms with Crippen LogP contribution in [0.15, 0.2) is 0 Å². The normalized spacial score (nSPS) is 8.33. The molecular weight excluding hydrogens is 86.0 g/mol. The van der Waals surface area contributed by atoms with Gasteiger partial charge in [-0.1, -0.05) is 5.92 Å². The molecule has 0 amide bonds. The molecular formula is C4H3F2. The van der Waals surface area contributed by atoms with Crippen molar-refractivity contribution in [3.05, 3.63) is 6.42 Å². The van der Waals surface area contributed by atoms with Gasteiger partial charge >= 0.3 is 0 Å². The summed E-state index contributed by atoms with van der Waals surface area (Å²) in [7, 11) is 0. The van der Waals surface area contributed by atoms with E-state index >= 15 is 0 Å². The Bertz CT molecular complexity index is 60.4. The van der Waals surface area contributed by atoms with Gasteiger partial charge in [-0.25, -0.2) is 8.78 Å². The Morgan fingerprint density at radius 3 is 2.17 bits per heavy atom. The first kappa shape index (κ1) is 5.42. The molecule has 0 nitrogen and oxygen atoms in total. The third-order valence-corrected chi connectivity index (χ3v) is 0.256. The van der Waals surface area contributed by atoms with Crippen molar-refractivity contribution >= 4 is 0 Å². The van der Waals surface area contributed by atoms with E-state index in [2.05, 4.69) is 0 Å². The molecule has 0 aromatic rings. The molecule has 0 N–H and O–H groups in total. The van der Waals surface area contributed by atoms with Crippen LogP contribution >= 0.6 is 0 Å². The molecule has 0 heterocycles. The quantitative estimate of drug-likeness (QED) is 0.424. The predicted octanol–water partition coefficient (Wildman–Crippen LogP) is 1.23. The van der Waals surface area contributed by atoms with Gasteiger partial charge in [0.05, 0.1) is 6.42 Å². The van der Waals surface area contributed by atoms with Crippen LogP contribution in [-0.2, 0) is 0 Å². The molecule has 0 aromatic carbocycles. The highest BCUT2D eigenvalue weighted by molar-refractivity contribution is 4.75. The maximum absolute atomic E-state index is 10.9. The fourth-order valence-corrected chi connectivity index (χ4v) is 0.0772. The molecule has 33 valence electrons. The van der Waals surface area contributed by atoms with E-state index in [4.69, 9.17) is 6.42 Å². The summed E-state index contributed by atoms with van der Waals surface area (Å²) in [4.78, 5) is 0. The molecule has 6 heavy (non-hydrogen) atoms. The van der Waals surface area contributed by atoms with Crippen LogP contribution in [0.3, 0.4) is 0 Å². The van der Waals surface area contributed by atoms with Crippen molar-refractivity contribution in [3.63, 3.8) is 0 Å². The molecule has 0 aliphatic rings. The molecule has 0 aliphatic carbocycles. The molecule has 0 aliphatic heterocycles. The fraction of sp³-hybridized carbons (Fsp3) is 0.500. The summed E-state index contributed by atoms with van der Waals surface area (Å²) in [6.07, 6.45) is 3.06. The Labute approximate surface area is 35.2 Å². The molecule has 0 spiro atoms. The van der Waals surface area contributed by atoms with Crippen LogP contribution < -0.4 is 0 Å². The van der Waals surface area contributed by atoms with Crippen LogP contribution in [0.2, 0.25) is 0 Å². The third kappa shape index (κ3) is 3.42. The van der Waals surface area contributed by atoms with Gasteiger partial charge in [0.2, 0.25) is 6.43 Å². The van der Waals surface area contributed by atoms with E-state index in [9.17, 15) is 8.78 Å². The molecule has 0 bridgehead atoms. The average molecular weight is 89.1 g/mol. The molecule has 2 heteroatoms. The maximum Gasteiger partial charge on any atom is 0.249 e. The first-order valence-corrected chi connectivity index (χ1v) is 1.45. The lowest BCUT2D eigenvalue weighted by molar-refractivity contribution is 0.155. The van der Waals surface area contributed by atoms with Gasteiger partial charge in [-0.2, -0.15) is 0 Å². The van der Waals surface area contributed by atoms with Crippen LogP contribution in [0.5, 0.6) is 0 Å². The largest absolute Gasteiger partial charge is 0.249 e. The summed E-state index contributed by atoms with van der Waals surface area (Å²) >= 11 is 0.